The Labute approximate surface area is 170 Å². The number of benzene rings is 2. The Morgan fingerprint density at radius 1 is 1.07 bits per heavy atom. The van der Waals surface area contributed by atoms with Crippen LogP contribution in [0.2, 0.25) is 0 Å². The number of nitrogens with two attached hydrogens (primary N) is 1. The molecule has 2 aromatic rings. The summed E-state index contributed by atoms with van der Waals surface area (Å²) in [6, 6.07) is 12.8. The van der Waals surface area contributed by atoms with E-state index >= 15 is 0 Å². The van der Waals surface area contributed by atoms with Crippen LogP contribution in [0.3, 0.4) is 0 Å². The minimum Gasteiger partial charge on any atom is -0.482 e. The molecule has 0 fully saturated rings. The fraction of sp³-hybridized carbons (Fsp3) is 0.300. The van der Waals surface area contributed by atoms with Crippen molar-refractivity contribution in [2.45, 2.75) is 37.7 Å². The molecule has 8 nitrogen and oxygen atoms in total. The van der Waals surface area contributed by atoms with Crippen molar-refractivity contribution in [3.8, 4) is 5.75 Å². The molecule has 0 aliphatic carbocycles. The van der Waals surface area contributed by atoms with E-state index in [4.69, 9.17) is 14.6 Å². The lowest BCUT2D eigenvalue weighted by atomic mass is 10.0. The quantitative estimate of drug-likeness (QED) is 0.632. The molecule has 0 aliphatic rings. The zero-order chi connectivity index (χ0) is 21.6. The van der Waals surface area contributed by atoms with E-state index in [1.54, 1.807) is 12.1 Å². The average molecular weight is 420 g/mol. The molecule has 9 heteroatoms. The van der Waals surface area contributed by atoms with Crippen LogP contribution in [0.5, 0.6) is 5.75 Å². The number of carbonyl (C=O) groups is 2. The smallest absolute Gasteiger partial charge is 0.344 e. The zero-order valence-electron chi connectivity index (χ0n) is 16.4. The summed E-state index contributed by atoms with van der Waals surface area (Å²) >= 11 is 0. The van der Waals surface area contributed by atoms with E-state index in [1.807, 2.05) is 26.0 Å². The van der Waals surface area contributed by atoms with Crippen LogP contribution in [-0.2, 0) is 24.3 Å². The highest BCUT2D eigenvalue weighted by molar-refractivity contribution is 7.89. The highest BCUT2D eigenvalue weighted by Gasteiger charge is 2.19. The van der Waals surface area contributed by atoms with Gasteiger partial charge in [-0.3, -0.25) is 4.79 Å². The van der Waals surface area contributed by atoms with Crippen molar-refractivity contribution < 1.29 is 27.5 Å². The third-order valence-corrected chi connectivity index (χ3v) is 4.91. The summed E-state index contributed by atoms with van der Waals surface area (Å²) in [7, 11) is -3.90. The number of ether oxygens (including phenoxy) is 2. The van der Waals surface area contributed by atoms with Gasteiger partial charge in [0.1, 0.15) is 5.75 Å². The summed E-state index contributed by atoms with van der Waals surface area (Å²) in [5.74, 6) is -0.520. The maximum atomic E-state index is 12.2. The molecule has 3 N–H and O–H groups in total. The molecule has 29 heavy (non-hydrogen) atoms. The van der Waals surface area contributed by atoms with Crippen molar-refractivity contribution in [3.63, 3.8) is 0 Å². The van der Waals surface area contributed by atoms with Crippen LogP contribution in [0.4, 0.5) is 5.69 Å². The highest BCUT2D eigenvalue weighted by atomic mass is 32.2. The van der Waals surface area contributed by atoms with Crippen LogP contribution in [0.15, 0.2) is 53.4 Å². The van der Waals surface area contributed by atoms with Gasteiger partial charge < -0.3 is 14.8 Å². The zero-order valence-corrected chi connectivity index (χ0v) is 17.2. The van der Waals surface area contributed by atoms with Gasteiger partial charge in [-0.25, -0.2) is 18.4 Å². The number of primary sulfonamides is 1. The molecule has 1 atom stereocenters. The Bertz CT molecular complexity index is 988. The van der Waals surface area contributed by atoms with Crippen LogP contribution >= 0.6 is 0 Å². The van der Waals surface area contributed by atoms with Gasteiger partial charge in [0.25, 0.3) is 5.91 Å². The second kappa shape index (κ2) is 9.53. The number of anilines is 1. The number of nitrogens with one attached hydrogen (secondary N) is 1. The van der Waals surface area contributed by atoms with Gasteiger partial charge in [-0.05, 0) is 42.7 Å². The van der Waals surface area contributed by atoms with Crippen LogP contribution in [0, 0.1) is 0 Å². The van der Waals surface area contributed by atoms with Gasteiger partial charge in [-0.1, -0.05) is 38.1 Å². The van der Waals surface area contributed by atoms with Crippen molar-refractivity contribution in [3.05, 3.63) is 54.1 Å². The summed E-state index contributed by atoms with van der Waals surface area (Å²) in [5.41, 5.74) is 1.17. The van der Waals surface area contributed by atoms with E-state index < -0.39 is 28.0 Å². The van der Waals surface area contributed by atoms with Gasteiger partial charge in [-0.2, -0.15) is 0 Å². The number of esters is 1. The topological polar surface area (TPSA) is 125 Å². The van der Waals surface area contributed by atoms with Gasteiger partial charge in [-0.15, -0.1) is 0 Å². The van der Waals surface area contributed by atoms with Gasteiger partial charge in [0.15, 0.2) is 12.7 Å². The summed E-state index contributed by atoms with van der Waals surface area (Å²) in [6.07, 6.45) is -1.11. The Morgan fingerprint density at radius 3 is 2.41 bits per heavy atom. The van der Waals surface area contributed by atoms with E-state index in [0.717, 1.165) is 5.56 Å². The predicted molar refractivity (Wildman–Crippen MR) is 108 cm³/mol. The lowest BCUT2D eigenvalue weighted by Crippen LogP contribution is -2.31. The van der Waals surface area contributed by atoms with Gasteiger partial charge in [0.2, 0.25) is 10.0 Å². The normalized spacial score (nSPS) is 12.3. The minimum atomic E-state index is -3.90. The van der Waals surface area contributed by atoms with E-state index in [1.165, 1.54) is 31.2 Å². The Morgan fingerprint density at radius 2 is 1.76 bits per heavy atom. The number of amides is 1. The molecule has 0 saturated carbocycles. The monoisotopic (exact) mass is 420 g/mol. The largest absolute Gasteiger partial charge is 0.482 e. The second-order valence-electron chi connectivity index (χ2n) is 6.68. The third-order valence-electron chi connectivity index (χ3n) is 3.99. The van der Waals surface area contributed by atoms with Gasteiger partial charge >= 0.3 is 5.97 Å². The van der Waals surface area contributed by atoms with Crippen molar-refractivity contribution in [2.75, 3.05) is 11.9 Å². The summed E-state index contributed by atoms with van der Waals surface area (Å²) in [6.45, 7) is 5.08. The van der Waals surface area contributed by atoms with E-state index in [9.17, 15) is 18.0 Å². The second-order valence-corrected chi connectivity index (χ2v) is 8.24. The number of hydrogen-bond acceptors (Lipinski definition) is 6. The number of hydrogen-bond donors (Lipinski definition) is 2. The Kier molecular flexibility index (Phi) is 7.35. The van der Waals surface area contributed by atoms with Crippen LogP contribution in [-0.4, -0.2) is 33.0 Å². The molecule has 0 radical (unpaired) electrons. The van der Waals surface area contributed by atoms with Crippen molar-refractivity contribution in [2.24, 2.45) is 5.14 Å². The third kappa shape index (κ3) is 6.58. The molecular formula is C20H24N2O6S. The van der Waals surface area contributed by atoms with Crippen LogP contribution < -0.4 is 15.2 Å². The Balaban J connectivity index is 1.92. The maximum absolute atomic E-state index is 12.2. The summed E-state index contributed by atoms with van der Waals surface area (Å²) in [4.78, 5) is 24.1. The van der Waals surface area contributed by atoms with Crippen LogP contribution in [0.25, 0.3) is 0 Å². The van der Waals surface area contributed by atoms with Crippen molar-refractivity contribution >= 4 is 27.6 Å². The molecule has 0 saturated heterocycles. The van der Waals surface area contributed by atoms with Crippen LogP contribution in [0.1, 0.15) is 32.3 Å². The average Bonchev–Trinajstić information content (AvgIpc) is 2.66. The molecule has 0 aromatic heterocycles. The van der Waals surface area contributed by atoms with E-state index in [0.29, 0.717) is 5.75 Å². The molecule has 0 unspecified atom stereocenters. The first-order valence-electron chi connectivity index (χ1n) is 8.93. The molecule has 2 aromatic carbocycles. The molecule has 1 amide bonds. The number of sulfonamides is 1. The lowest BCUT2D eigenvalue weighted by molar-refractivity contribution is -0.155. The fourth-order valence-electron chi connectivity index (χ4n) is 2.51. The van der Waals surface area contributed by atoms with Gasteiger partial charge in [0, 0.05) is 5.69 Å². The molecule has 0 aliphatic heterocycles. The number of para-hydroxylation sites is 1. The highest BCUT2D eigenvalue weighted by Crippen LogP contribution is 2.25. The lowest BCUT2D eigenvalue weighted by Gasteiger charge is -2.16. The van der Waals surface area contributed by atoms with Gasteiger partial charge in [0.05, 0.1) is 4.90 Å². The number of rotatable bonds is 8. The SMILES string of the molecule is CC(C)c1ccccc1OCC(=O)O[C@H](C)C(=O)Nc1cccc(S(N)(=O)=O)c1. The molecular weight excluding hydrogens is 396 g/mol. The van der Waals surface area contributed by atoms with Crippen molar-refractivity contribution in [1.29, 1.82) is 0 Å². The van der Waals surface area contributed by atoms with E-state index in [-0.39, 0.29) is 23.1 Å². The molecule has 0 heterocycles. The molecule has 0 bridgehead atoms. The first kappa shape index (κ1) is 22.4. The Hall–Kier alpha value is -2.91. The molecule has 156 valence electrons. The number of carbonyl (C=O) groups excluding carboxylic acids is 2. The maximum Gasteiger partial charge on any atom is 0.344 e. The first-order chi connectivity index (χ1) is 13.6. The standard InChI is InChI=1S/C20H24N2O6S/c1-13(2)17-9-4-5-10-18(17)27-12-19(23)28-14(3)20(24)22-15-7-6-8-16(11-15)29(21,25)26/h4-11,13-14H,12H2,1-3H3,(H,22,24)(H2,21,25,26)/t14-/m1/s1. The summed E-state index contributed by atoms with van der Waals surface area (Å²) in [5, 5.41) is 7.55. The predicted octanol–water partition coefficient (Wildman–Crippen LogP) is 2.41. The van der Waals surface area contributed by atoms with Crippen molar-refractivity contribution in [1.82, 2.24) is 0 Å². The fourth-order valence-corrected chi connectivity index (χ4v) is 3.06. The van der Waals surface area contributed by atoms with E-state index in [2.05, 4.69) is 5.32 Å². The molecule has 2 rings (SSSR count). The minimum absolute atomic E-state index is 0.142. The molecule has 0 spiro atoms. The summed E-state index contributed by atoms with van der Waals surface area (Å²) < 4.78 is 33.4. The first-order valence-corrected chi connectivity index (χ1v) is 10.5.